The minimum absolute atomic E-state index is 0.242. The molecule has 174 valence electrons. The molecular weight excluding hydrogens is 406 g/mol. The summed E-state index contributed by atoms with van der Waals surface area (Å²) in [5.74, 6) is 1.77. The van der Waals surface area contributed by atoms with Crippen molar-refractivity contribution in [3.8, 4) is 11.5 Å². The quantitative estimate of drug-likeness (QED) is 0.667. The van der Waals surface area contributed by atoms with Crippen LogP contribution in [-0.2, 0) is 16.0 Å². The maximum absolute atomic E-state index is 11.2. The fraction of sp³-hybridized carbons (Fsp3) is 0.500. The van der Waals surface area contributed by atoms with Gasteiger partial charge in [-0.3, -0.25) is 4.79 Å². The Kier molecular flexibility index (Phi) is 7.93. The molecular formula is C26H35NO5. The lowest BCUT2D eigenvalue weighted by Crippen LogP contribution is -2.36. The molecule has 0 unspecified atom stereocenters. The maximum atomic E-state index is 11.2. The van der Waals surface area contributed by atoms with Crippen molar-refractivity contribution in [3.05, 3.63) is 59.7 Å². The van der Waals surface area contributed by atoms with Gasteiger partial charge in [-0.15, -0.1) is 0 Å². The Morgan fingerprint density at radius 2 is 1.25 bits per heavy atom. The molecule has 0 aromatic heterocycles. The summed E-state index contributed by atoms with van der Waals surface area (Å²) in [7, 11) is 3.24. The van der Waals surface area contributed by atoms with Crippen LogP contribution in [0.1, 0.15) is 62.5 Å². The Balaban J connectivity index is 0.000000181. The van der Waals surface area contributed by atoms with Crippen LogP contribution in [-0.4, -0.2) is 36.3 Å². The number of Topliss-reactive ketones (excluding diaryl/α,β-unsaturated/α-hetero) is 1. The molecule has 4 N–H and O–H groups in total. The Morgan fingerprint density at radius 1 is 0.812 bits per heavy atom. The predicted molar refractivity (Wildman–Crippen MR) is 124 cm³/mol. The van der Waals surface area contributed by atoms with Crippen molar-refractivity contribution in [1.29, 1.82) is 0 Å². The summed E-state index contributed by atoms with van der Waals surface area (Å²) in [6.45, 7) is 0. The predicted octanol–water partition coefficient (Wildman–Crippen LogP) is 3.81. The molecule has 0 heterocycles. The number of rotatable bonds is 4. The highest BCUT2D eigenvalue weighted by Crippen LogP contribution is 2.38. The average molecular weight is 442 g/mol. The highest BCUT2D eigenvalue weighted by Gasteiger charge is 2.35. The highest BCUT2D eigenvalue weighted by molar-refractivity contribution is 5.79. The topological polar surface area (TPSA) is 102 Å². The third kappa shape index (κ3) is 5.88. The van der Waals surface area contributed by atoms with E-state index in [1.54, 1.807) is 14.2 Å². The maximum Gasteiger partial charge on any atom is 0.133 e. The third-order valence-corrected chi connectivity index (χ3v) is 6.71. The number of methoxy groups -OCH3 is 2. The van der Waals surface area contributed by atoms with Crippen molar-refractivity contribution in [2.24, 2.45) is 5.73 Å². The molecule has 0 saturated heterocycles. The third-order valence-electron chi connectivity index (χ3n) is 6.71. The van der Waals surface area contributed by atoms with Crippen LogP contribution in [0.5, 0.6) is 11.5 Å². The first-order valence-corrected chi connectivity index (χ1v) is 11.3. The minimum atomic E-state index is -0.859. The molecule has 2 aromatic rings. The van der Waals surface area contributed by atoms with E-state index in [0.717, 1.165) is 48.3 Å². The molecule has 0 bridgehead atoms. The smallest absolute Gasteiger partial charge is 0.133 e. The first-order valence-electron chi connectivity index (χ1n) is 11.3. The second-order valence-corrected chi connectivity index (χ2v) is 8.90. The zero-order valence-corrected chi connectivity index (χ0v) is 19.0. The number of benzene rings is 2. The zero-order valence-electron chi connectivity index (χ0n) is 19.0. The van der Waals surface area contributed by atoms with Gasteiger partial charge in [-0.05, 0) is 73.9 Å². The van der Waals surface area contributed by atoms with Crippen LogP contribution in [0.3, 0.4) is 0 Å². The summed E-state index contributed by atoms with van der Waals surface area (Å²) in [6, 6.07) is 15.4. The molecule has 2 saturated carbocycles. The van der Waals surface area contributed by atoms with Gasteiger partial charge in [-0.25, -0.2) is 0 Å². The van der Waals surface area contributed by atoms with Crippen molar-refractivity contribution in [2.45, 2.75) is 68.6 Å². The van der Waals surface area contributed by atoms with Crippen LogP contribution in [0, 0.1) is 0 Å². The van der Waals surface area contributed by atoms with E-state index in [1.807, 2.05) is 48.5 Å². The molecule has 2 aliphatic rings. The molecule has 6 nitrogen and oxygen atoms in total. The lowest BCUT2D eigenvalue weighted by molar-refractivity contribution is -0.125. The normalized spacial score (nSPS) is 24.8. The van der Waals surface area contributed by atoms with Gasteiger partial charge >= 0.3 is 0 Å². The Hall–Kier alpha value is -2.41. The molecule has 2 aromatic carbocycles. The van der Waals surface area contributed by atoms with Crippen molar-refractivity contribution >= 4 is 5.78 Å². The van der Waals surface area contributed by atoms with E-state index >= 15 is 0 Å². The highest BCUT2D eigenvalue weighted by atomic mass is 16.5. The number of carbonyl (C=O) groups is 1. The molecule has 0 radical (unpaired) electrons. The fourth-order valence-electron chi connectivity index (χ4n) is 4.46. The van der Waals surface area contributed by atoms with E-state index in [1.165, 1.54) is 0 Å². The van der Waals surface area contributed by atoms with Gasteiger partial charge in [0.25, 0.3) is 0 Å². The lowest BCUT2D eigenvalue weighted by atomic mass is 9.78. The van der Waals surface area contributed by atoms with Crippen molar-refractivity contribution in [1.82, 2.24) is 0 Å². The monoisotopic (exact) mass is 441 g/mol. The zero-order chi connectivity index (χ0) is 23.2. The van der Waals surface area contributed by atoms with Crippen LogP contribution in [0.2, 0.25) is 0 Å². The summed E-state index contributed by atoms with van der Waals surface area (Å²) >= 11 is 0. The Labute approximate surface area is 190 Å². The van der Waals surface area contributed by atoms with Crippen LogP contribution in [0.15, 0.2) is 48.5 Å². The summed E-state index contributed by atoms with van der Waals surface area (Å²) in [4.78, 5) is 11.2. The van der Waals surface area contributed by atoms with Crippen molar-refractivity contribution in [3.63, 3.8) is 0 Å². The van der Waals surface area contributed by atoms with Crippen LogP contribution >= 0.6 is 0 Å². The van der Waals surface area contributed by atoms with E-state index in [4.69, 9.17) is 15.2 Å². The largest absolute Gasteiger partial charge is 0.497 e. The first-order chi connectivity index (χ1) is 15.3. The Morgan fingerprint density at radius 3 is 1.69 bits per heavy atom. The van der Waals surface area contributed by atoms with Gasteiger partial charge in [0.1, 0.15) is 17.3 Å². The summed E-state index contributed by atoms with van der Waals surface area (Å²) < 4.78 is 10.3. The second kappa shape index (κ2) is 10.5. The molecule has 6 heteroatoms. The van der Waals surface area contributed by atoms with Gasteiger partial charge in [0.15, 0.2) is 0 Å². The fourth-order valence-corrected chi connectivity index (χ4v) is 4.46. The molecule has 4 rings (SSSR count). The molecule has 0 aliphatic heterocycles. The van der Waals surface area contributed by atoms with Gasteiger partial charge < -0.3 is 25.4 Å². The van der Waals surface area contributed by atoms with Crippen LogP contribution < -0.4 is 15.2 Å². The number of carbonyl (C=O) groups excluding carboxylic acids is 1. The van der Waals surface area contributed by atoms with Gasteiger partial charge in [-0.1, -0.05) is 24.3 Å². The van der Waals surface area contributed by atoms with Crippen molar-refractivity contribution < 1.29 is 24.5 Å². The van der Waals surface area contributed by atoms with E-state index in [9.17, 15) is 15.0 Å². The van der Waals surface area contributed by atoms with Crippen LogP contribution in [0.4, 0.5) is 0 Å². The van der Waals surface area contributed by atoms with E-state index in [0.29, 0.717) is 25.7 Å². The SMILES string of the molecule is COc1cccc(C2(O)CCC(=O)CC2)c1.COc1cccc(C2(O)CCC(N)CC2)c1. The van der Waals surface area contributed by atoms with Crippen LogP contribution in [0.25, 0.3) is 0 Å². The molecule has 0 spiro atoms. The molecule has 2 aliphatic carbocycles. The van der Waals surface area contributed by atoms with Gasteiger partial charge in [0.05, 0.1) is 25.4 Å². The standard InChI is InChI=1S/C13H19NO2.C13H16O3/c2*1-16-12-4-2-3-10(9-12)13(15)7-5-11(14)6-8-13/h2-4,9,11,15H,5-8,14H2,1H3;2-4,9,15H,5-8H2,1H3. The average Bonchev–Trinajstić information content (AvgIpc) is 2.83. The number of ether oxygens (including phenoxy) is 2. The molecule has 2 fully saturated rings. The van der Waals surface area contributed by atoms with E-state index in [-0.39, 0.29) is 11.8 Å². The van der Waals surface area contributed by atoms with Crippen molar-refractivity contribution in [2.75, 3.05) is 14.2 Å². The molecule has 0 amide bonds. The Bertz CT molecular complexity index is 895. The first kappa shape index (κ1) is 24.2. The number of hydrogen-bond acceptors (Lipinski definition) is 6. The number of aliphatic hydroxyl groups is 2. The van der Waals surface area contributed by atoms with E-state index in [2.05, 4.69) is 0 Å². The van der Waals surface area contributed by atoms with E-state index < -0.39 is 11.2 Å². The summed E-state index contributed by atoms with van der Waals surface area (Å²) in [6.07, 6.45) is 5.20. The molecule has 0 atom stereocenters. The van der Waals surface area contributed by atoms with Gasteiger partial charge in [0, 0.05) is 18.9 Å². The number of ketones is 1. The summed E-state index contributed by atoms with van der Waals surface area (Å²) in [5, 5.41) is 21.0. The minimum Gasteiger partial charge on any atom is -0.497 e. The van der Waals surface area contributed by atoms with Gasteiger partial charge in [0.2, 0.25) is 0 Å². The number of nitrogens with two attached hydrogens (primary N) is 1. The molecule has 32 heavy (non-hydrogen) atoms. The number of hydrogen-bond donors (Lipinski definition) is 3. The summed E-state index contributed by atoms with van der Waals surface area (Å²) in [5.41, 5.74) is 6.07. The second-order valence-electron chi connectivity index (χ2n) is 8.90. The lowest BCUT2D eigenvalue weighted by Gasteiger charge is -2.35. The van der Waals surface area contributed by atoms with Gasteiger partial charge in [-0.2, -0.15) is 0 Å².